The third kappa shape index (κ3) is 4.91. The maximum atomic E-state index is 12.7. The number of rotatable bonds is 7. The molecule has 0 saturated heterocycles. The van der Waals surface area contributed by atoms with Gasteiger partial charge in [-0.05, 0) is 49.4 Å². The number of aryl methyl sites for hydroxylation is 2. The van der Waals surface area contributed by atoms with Gasteiger partial charge in [-0.3, -0.25) is 9.59 Å². The minimum atomic E-state index is -0.174. The second-order valence-electron chi connectivity index (χ2n) is 7.56. The minimum absolute atomic E-state index is 0.138. The number of thiophene rings is 1. The molecule has 0 unspecified atom stereocenters. The summed E-state index contributed by atoms with van der Waals surface area (Å²) in [5.74, 6) is -0.312. The number of aromatic nitrogens is 3. The van der Waals surface area contributed by atoms with Crippen LogP contribution < -0.4 is 10.6 Å². The van der Waals surface area contributed by atoms with E-state index in [9.17, 15) is 14.9 Å². The van der Waals surface area contributed by atoms with Crippen LogP contribution in [0, 0.1) is 25.2 Å². The zero-order valence-corrected chi connectivity index (χ0v) is 19.1. The van der Waals surface area contributed by atoms with Crippen LogP contribution in [0.5, 0.6) is 0 Å². The smallest absolute Gasteiger partial charge is 0.229 e. The summed E-state index contributed by atoms with van der Waals surface area (Å²) in [5.41, 5.74) is 4.59. The summed E-state index contributed by atoms with van der Waals surface area (Å²) in [4.78, 5) is 30.6. The van der Waals surface area contributed by atoms with Gasteiger partial charge in [0.05, 0.1) is 24.0 Å². The Hall–Kier alpha value is -4.03. The summed E-state index contributed by atoms with van der Waals surface area (Å²) in [6.07, 6.45) is 2.49. The summed E-state index contributed by atoms with van der Waals surface area (Å²) in [7, 11) is 0. The predicted molar refractivity (Wildman–Crippen MR) is 127 cm³/mol. The molecule has 8 nitrogen and oxygen atoms in total. The van der Waals surface area contributed by atoms with Crippen LogP contribution in [0.4, 0.5) is 11.4 Å². The van der Waals surface area contributed by atoms with Crippen molar-refractivity contribution < 1.29 is 9.59 Å². The van der Waals surface area contributed by atoms with Gasteiger partial charge in [0.2, 0.25) is 11.8 Å². The monoisotopic (exact) mass is 458 g/mol. The molecule has 0 aliphatic heterocycles. The van der Waals surface area contributed by atoms with Crippen molar-refractivity contribution in [3.05, 3.63) is 75.4 Å². The first-order valence-electron chi connectivity index (χ1n) is 10.4. The first-order valence-corrected chi connectivity index (χ1v) is 11.3. The van der Waals surface area contributed by atoms with Gasteiger partial charge in [-0.2, -0.15) is 10.4 Å². The van der Waals surface area contributed by atoms with Crippen molar-refractivity contribution in [2.24, 2.45) is 0 Å². The van der Waals surface area contributed by atoms with Crippen molar-refractivity contribution >= 4 is 40.2 Å². The van der Waals surface area contributed by atoms with E-state index in [0.29, 0.717) is 29.0 Å². The van der Waals surface area contributed by atoms with E-state index in [1.54, 1.807) is 22.7 Å². The standard InChI is InChI=1S/C24H22N6O2S/c1-15-19(16(2)30-24(27-15)17(13-25)14-26-30)9-10-22(31)28-20-7-3-4-8-21(20)29-23(32)12-18-6-5-11-33-18/h3-8,11,14H,9-10,12H2,1-2H3,(H,28,31)(H,29,32). The van der Waals surface area contributed by atoms with Crippen LogP contribution in [0.15, 0.2) is 48.0 Å². The van der Waals surface area contributed by atoms with Crippen LogP contribution in [0.1, 0.15) is 33.8 Å². The Morgan fingerprint density at radius 2 is 1.82 bits per heavy atom. The number of carbonyl (C=O) groups excluding carboxylic acids is 2. The van der Waals surface area contributed by atoms with E-state index < -0.39 is 0 Å². The van der Waals surface area contributed by atoms with Crippen molar-refractivity contribution in [1.82, 2.24) is 14.6 Å². The highest BCUT2D eigenvalue weighted by Gasteiger charge is 2.16. The molecule has 166 valence electrons. The van der Waals surface area contributed by atoms with E-state index in [1.165, 1.54) is 17.5 Å². The number of amides is 2. The third-order valence-electron chi connectivity index (χ3n) is 5.32. The second kappa shape index (κ2) is 9.63. The topological polar surface area (TPSA) is 112 Å². The molecule has 9 heteroatoms. The summed E-state index contributed by atoms with van der Waals surface area (Å²) in [5, 5.41) is 21.2. The van der Waals surface area contributed by atoms with Gasteiger partial charge in [-0.1, -0.05) is 18.2 Å². The fourth-order valence-corrected chi connectivity index (χ4v) is 4.37. The average Bonchev–Trinajstić information content (AvgIpc) is 3.44. The van der Waals surface area contributed by atoms with Gasteiger partial charge < -0.3 is 10.6 Å². The Morgan fingerprint density at radius 1 is 1.09 bits per heavy atom. The lowest BCUT2D eigenvalue weighted by Crippen LogP contribution is -2.18. The molecule has 2 amide bonds. The molecule has 3 aromatic heterocycles. The molecule has 1 aromatic carbocycles. The van der Waals surface area contributed by atoms with Gasteiger partial charge >= 0.3 is 0 Å². The number of hydrogen-bond acceptors (Lipinski definition) is 6. The minimum Gasteiger partial charge on any atom is -0.324 e. The molecule has 0 saturated carbocycles. The molecule has 0 bridgehead atoms. The maximum absolute atomic E-state index is 12.7. The van der Waals surface area contributed by atoms with Gasteiger partial charge in [-0.15, -0.1) is 11.3 Å². The molecule has 3 heterocycles. The average molecular weight is 459 g/mol. The SMILES string of the molecule is Cc1nc2c(C#N)cnn2c(C)c1CCC(=O)Nc1ccccc1NC(=O)Cc1cccs1. The molecule has 33 heavy (non-hydrogen) atoms. The first-order chi connectivity index (χ1) is 16.0. The van der Waals surface area contributed by atoms with Gasteiger partial charge in [0.1, 0.15) is 11.6 Å². The zero-order valence-electron chi connectivity index (χ0n) is 18.3. The number of nitrogens with zero attached hydrogens (tertiary/aromatic N) is 4. The van der Waals surface area contributed by atoms with Crippen LogP contribution in [-0.2, 0) is 22.4 Å². The van der Waals surface area contributed by atoms with Gasteiger partial charge in [0.15, 0.2) is 5.65 Å². The Kier molecular flexibility index (Phi) is 6.47. The molecule has 0 atom stereocenters. The number of carbonyl (C=O) groups is 2. The number of anilines is 2. The first kappa shape index (κ1) is 22.2. The van der Waals surface area contributed by atoms with E-state index in [2.05, 4.69) is 26.8 Å². The summed E-state index contributed by atoms with van der Waals surface area (Å²) >= 11 is 1.53. The molecule has 4 rings (SSSR count). The second-order valence-corrected chi connectivity index (χ2v) is 8.60. The predicted octanol–water partition coefficient (Wildman–Crippen LogP) is 4.03. The van der Waals surface area contributed by atoms with Crippen molar-refractivity contribution in [1.29, 1.82) is 5.26 Å². The van der Waals surface area contributed by atoms with Crippen LogP contribution >= 0.6 is 11.3 Å². The quantitative estimate of drug-likeness (QED) is 0.434. The summed E-state index contributed by atoms with van der Waals surface area (Å²) < 4.78 is 1.64. The zero-order chi connectivity index (χ0) is 23.4. The molecule has 0 radical (unpaired) electrons. The highest BCUT2D eigenvalue weighted by atomic mass is 32.1. The molecule has 2 N–H and O–H groups in total. The normalized spacial score (nSPS) is 10.7. The molecule has 0 spiro atoms. The van der Waals surface area contributed by atoms with Crippen LogP contribution in [0.25, 0.3) is 5.65 Å². The Labute approximate surface area is 194 Å². The number of para-hydroxylation sites is 2. The third-order valence-corrected chi connectivity index (χ3v) is 6.20. The van der Waals surface area contributed by atoms with Crippen molar-refractivity contribution in [2.75, 3.05) is 10.6 Å². The number of fused-ring (bicyclic) bond motifs is 1. The molecule has 0 aliphatic carbocycles. The highest BCUT2D eigenvalue weighted by molar-refractivity contribution is 7.10. The number of benzene rings is 1. The Morgan fingerprint density at radius 3 is 2.48 bits per heavy atom. The van der Waals surface area contributed by atoms with E-state index in [-0.39, 0.29) is 24.7 Å². The lowest BCUT2D eigenvalue weighted by molar-refractivity contribution is -0.116. The fourth-order valence-electron chi connectivity index (χ4n) is 3.67. The number of nitrogens with one attached hydrogen (secondary N) is 2. The van der Waals surface area contributed by atoms with Gasteiger partial charge in [0, 0.05) is 22.7 Å². The fraction of sp³-hybridized carbons (Fsp3) is 0.208. The molecular formula is C24H22N6O2S. The number of nitriles is 1. The largest absolute Gasteiger partial charge is 0.324 e. The van der Waals surface area contributed by atoms with Crippen LogP contribution in [0.2, 0.25) is 0 Å². The molecule has 4 aromatic rings. The van der Waals surface area contributed by atoms with Crippen molar-refractivity contribution in [3.63, 3.8) is 0 Å². The van der Waals surface area contributed by atoms with Gasteiger partial charge in [-0.25, -0.2) is 9.50 Å². The summed E-state index contributed by atoms with van der Waals surface area (Å²) in [6.45, 7) is 3.77. The lowest BCUT2D eigenvalue weighted by atomic mass is 10.1. The Bertz CT molecular complexity index is 1370. The molecular weight excluding hydrogens is 436 g/mol. The van der Waals surface area contributed by atoms with E-state index in [1.807, 2.05) is 37.4 Å². The highest BCUT2D eigenvalue weighted by Crippen LogP contribution is 2.23. The molecule has 0 aliphatic rings. The summed E-state index contributed by atoms with van der Waals surface area (Å²) in [6, 6.07) is 13.1. The maximum Gasteiger partial charge on any atom is 0.229 e. The van der Waals surface area contributed by atoms with Crippen molar-refractivity contribution in [2.45, 2.75) is 33.1 Å². The Balaban J connectivity index is 1.43. The van der Waals surface area contributed by atoms with Crippen molar-refractivity contribution in [3.8, 4) is 6.07 Å². The van der Waals surface area contributed by atoms with E-state index in [0.717, 1.165) is 21.8 Å². The van der Waals surface area contributed by atoms with Crippen LogP contribution in [0.3, 0.4) is 0 Å². The van der Waals surface area contributed by atoms with Gasteiger partial charge in [0.25, 0.3) is 0 Å². The van der Waals surface area contributed by atoms with E-state index in [4.69, 9.17) is 0 Å². The van der Waals surface area contributed by atoms with E-state index >= 15 is 0 Å². The molecule has 0 fully saturated rings. The van der Waals surface area contributed by atoms with Crippen LogP contribution in [-0.4, -0.2) is 26.4 Å². The number of hydrogen-bond donors (Lipinski definition) is 2. The lowest BCUT2D eigenvalue weighted by Gasteiger charge is -2.13.